The van der Waals surface area contributed by atoms with Crippen molar-refractivity contribution in [2.45, 2.75) is 58.5 Å². The molecule has 2 N–H and O–H groups in total. The van der Waals surface area contributed by atoms with Crippen molar-refractivity contribution in [2.75, 3.05) is 13.1 Å². The number of piperidine rings is 1. The summed E-state index contributed by atoms with van der Waals surface area (Å²) in [7, 11) is 0. The summed E-state index contributed by atoms with van der Waals surface area (Å²) in [5, 5.41) is 0. The number of hydrogen-bond donors (Lipinski definition) is 1. The van der Waals surface area contributed by atoms with Gasteiger partial charge in [-0.2, -0.15) is 0 Å². The summed E-state index contributed by atoms with van der Waals surface area (Å²) in [6, 6.07) is 4.68. The Bertz CT molecular complexity index is 388. The van der Waals surface area contributed by atoms with Gasteiger partial charge in [-0.25, -0.2) is 0 Å². The van der Waals surface area contributed by atoms with Crippen molar-refractivity contribution in [2.24, 2.45) is 11.1 Å². The van der Waals surface area contributed by atoms with E-state index < -0.39 is 0 Å². The summed E-state index contributed by atoms with van der Waals surface area (Å²) < 4.78 is 0. The average Bonchev–Trinajstić information content (AvgIpc) is 2.49. The fourth-order valence-corrected chi connectivity index (χ4v) is 3.64. The van der Waals surface area contributed by atoms with Crippen LogP contribution in [0.25, 0.3) is 0 Å². The molecule has 0 radical (unpaired) electrons. The van der Waals surface area contributed by atoms with E-state index in [1.807, 2.05) is 12.4 Å². The van der Waals surface area contributed by atoms with E-state index in [2.05, 4.69) is 42.8 Å². The van der Waals surface area contributed by atoms with Gasteiger partial charge in [0, 0.05) is 24.5 Å². The molecule has 0 amide bonds. The van der Waals surface area contributed by atoms with Crippen LogP contribution in [0.15, 0.2) is 24.5 Å². The zero-order valence-electron chi connectivity index (χ0n) is 13.2. The number of likely N-dealkylation sites (tertiary alicyclic amines) is 1. The fraction of sp³-hybridized carbons (Fsp3) is 0.706. The molecule has 2 atom stereocenters. The van der Waals surface area contributed by atoms with Crippen molar-refractivity contribution in [1.29, 1.82) is 0 Å². The highest BCUT2D eigenvalue weighted by atomic mass is 15.2. The molecule has 1 fully saturated rings. The lowest BCUT2D eigenvalue weighted by atomic mass is 9.73. The third-order valence-electron chi connectivity index (χ3n) is 5.30. The maximum absolute atomic E-state index is 6.27. The molecular weight excluding hydrogens is 246 g/mol. The van der Waals surface area contributed by atoms with Gasteiger partial charge in [0.2, 0.25) is 0 Å². The van der Waals surface area contributed by atoms with Crippen molar-refractivity contribution < 1.29 is 0 Å². The van der Waals surface area contributed by atoms with Crippen LogP contribution in [0.5, 0.6) is 0 Å². The lowest BCUT2D eigenvalue weighted by molar-refractivity contribution is 0.0587. The number of nitrogens with two attached hydrogens (primary N) is 1. The smallest absolute Gasteiger partial charge is 0.0497 e. The Hall–Kier alpha value is -0.930. The van der Waals surface area contributed by atoms with E-state index in [1.165, 1.54) is 31.2 Å². The molecule has 0 aromatic carbocycles. The summed E-state index contributed by atoms with van der Waals surface area (Å²) in [6.07, 6.45) is 8.95. The van der Waals surface area contributed by atoms with E-state index in [1.54, 1.807) is 0 Å². The molecule has 1 aromatic heterocycles. The number of aromatic nitrogens is 1. The molecule has 3 nitrogen and oxygen atoms in total. The van der Waals surface area contributed by atoms with Crippen LogP contribution in [0.2, 0.25) is 0 Å². The molecule has 0 spiro atoms. The van der Waals surface area contributed by atoms with Crippen molar-refractivity contribution in [3.8, 4) is 0 Å². The Labute approximate surface area is 123 Å². The van der Waals surface area contributed by atoms with E-state index in [0.29, 0.717) is 11.5 Å². The molecule has 1 saturated heterocycles. The van der Waals surface area contributed by atoms with Gasteiger partial charge in [-0.3, -0.25) is 9.88 Å². The molecule has 1 aliphatic heterocycles. The summed E-state index contributed by atoms with van der Waals surface area (Å²) in [5.41, 5.74) is 8.14. The van der Waals surface area contributed by atoms with Crippen LogP contribution in [-0.4, -0.2) is 29.0 Å². The van der Waals surface area contributed by atoms with E-state index in [0.717, 1.165) is 13.1 Å². The minimum Gasteiger partial charge on any atom is -0.326 e. The first-order chi connectivity index (χ1) is 9.62. The van der Waals surface area contributed by atoms with Crippen LogP contribution in [0.1, 0.15) is 58.1 Å². The topological polar surface area (TPSA) is 42.2 Å². The highest BCUT2D eigenvalue weighted by molar-refractivity contribution is 5.17. The molecule has 1 aliphatic rings. The Kier molecular flexibility index (Phi) is 5.17. The molecule has 0 aliphatic carbocycles. The SMILES string of the molecule is CCC1(CC)CCN(C(c2ccncc2)C(C)N)CC1. The van der Waals surface area contributed by atoms with Gasteiger partial charge in [0.1, 0.15) is 0 Å². The number of nitrogens with zero attached hydrogens (tertiary/aromatic N) is 2. The van der Waals surface area contributed by atoms with Gasteiger partial charge < -0.3 is 5.73 Å². The van der Waals surface area contributed by atoms with Crippen LogP contribution in [0.3, 0.4) is 0 Å². The maximum atomic E-state index is 6.27. The largest absolute Gasteiger partial charge is 0.326 e. The Balaban J connectivity index is 2.10. The van der Waals surface area contributed by atoms with Crippen molar-refractivity contribution in [1.82, 2.24) is 9.88 Å². The van der Waals surface area contributed by atoms with Crippen LogP contribution in [0, 0.1) is 5.41 Å². The number of pyridine rings is 1. The quantitative estimate of drug-likeness (QED) is 0.896. The van der Waals surface area contributed by atoms with Gasteiger partial charge in [0.15, 0.2) is 0 Å². The molecule has 2 rings (SSSR count). The number of hydrogen-bond acceptors (Lipinski definition) is 3. The van der Waals surface area contributed by atoms with Crippen LogP contribution >= 0.6 is 0 Å². The third-order valence-corrected chi connectivity index (χ3v) is 5.30. The zero-order valence-corrected chi connectivity index (χ0v) is 13.2. The maximum Gasteiger partial charge on any atom is 0.0497 e. The standard InChI is InChI=1S/C17H29N3/c1-4-17(5-2)8-12-20(13-9-17)16(14(3)18)15-6-10-19-11-7-15/h6-7,10-11,14,16H,4-5,8-9,12-13,18H2,1-3H3. The Morgan fingerprint density at radius 1 is 1.20 bits per heavy atom. The van der Waals surface area contributed by atoms with Crippen LogP contribution in [-0.2, 0) is 0 Å². The Morgan fingerprint density at radius 2 is 1.75 bits per heavy atom. The van der Waals surface area contributed by atoms with E-state index in [9.17, 15) is 0 Å². The minimum atomic E-state index is 0.146. The second-order valence-electron chi connectivity index (χ2n) is 6.33. The average molecular weight is 275 g/mol. The van der Waals surface area contributed by atoms with Gasteiger partial charge >= 0.3 is 0 Å². The van der Waals surface area contributed by atoms with E-state index in [-0.39, 0.29) is 6.04 Å². The second-order valence-corrected chi connectivity index (χ2v) is 6.33. The lowest BCUT2D eigenvalue weighted by Gasteiger charge is -2.45. The predicted molar refractivity (Wildman–Crippen MR) is 84.4 cm³/mol. The first-order valence-corrected chi connectivity index (χ1v) is 8.01. The lowest BCUT2D eigenvalue weighted by Crippen LogP contribution is -2.46. The molecule has 3 heteroatoms. The second kappa shape index (κ2) is 6.68. The van der Waals surface area contributed by atoms with Crippen molar-refractivity contribution in [3.63, 3.8) is 0 Å². The summed E-state index contributed by atoms with van der Waals surface area (Å²) >= 11 is 0. The molecule has 2 heterocycles. The van der Waals surface area contributed by atoms with Crippen LogP contribution < -0.4 is 5.73 Å². The van der Waals surface area contributed by atoms with Gasteiger partial charge in [-0.1, -0.05) is 26.7 Å². The minimum absolute atomic E-state index is 0.146. The molecule has 112 valence electrons. The summed E-state index contributed by atoms with van der Waals surface area (Å²) in [4.78, 5) is 6.70. The Morgan fingerprint density at radius 3 is 2.20 bits per heavy atom. The molecular formula is C17H29N3. The van der Waals surface area contributed by atoms with Crippen molar-refractivity contribution >= 4 is 0 Å². The molecule has 20 heavy (non-hydrogen) atoms. The van der Waals surface area contributed by atoms with Crippen LogP contribution in [0.4, 0.5) is 0 Å². The van der Waals surface area contributed by atoms with Gasteiger partial charge in [0.05, 0.1) is 0 Å². The highest BCUT2D eigenvalue weighted by Crippen LogP contribution is 2.40. The van der Waals surface area contributed by atoms with E-state index in [4.69, 9.17) is 5.73 Å². The highest BCUT2D eigenvalue weighted by Gasteiger charge is 2.35. The predicted octanol–water partition coefficient (Wildman–Crippen LogP) is 3.37. The monoisotopic (exact) mass is 275 g/mol. The zero-order chi connectivity index (χ0) is 14.6. The van der Waals surface area contributed by atoms with Gasteiger partial charge in [-0.05, 0) is 56.0 Å². The molecule has 0 bridgehead atoms. The summed E-state index contributed by atoms with van der Waals surface area (Å²) in [6.45, 7) is 9.12. The molecule has 0 saturated carbocycles. The first-order valence-electron chi connectivity index (χ1n) is 8.01. The normalized spacial score (nSPS) is 22.4. The van der Waals surface area contributed by atoms with Crippen molar-refractivity contribution in [3.05, 3.63) is 30.1 Å². The van der Waals surface area contributed by atoms with Gasteiger partial charge in [0.25, 0.3) is 0 Å². The summed E-state index contributed by atoms with van der Waals surface area (Å²) in [5.74, 6) is 0. The molecule has 2 unspecified atom stereocenters. The third kappa shape index (κ3) is 3.21. The first kappa shape index (κ1) is 15.5. The van der Waals surface area contributed by atoms with E-state index >= 15 is 0 Å². The number of rotatable bonds is 5. The van der Waals surface area contributed by atoms with Gasteiger partial charge in [-0.15, -0.1) is 0 Å². The molecule has 1 aromatic rings. The fourth-order valence-electron chi connectivity index (χ4n) is 3.64.